The Balaban J connectivity index is 1.43. The maximum Gasteiger partial charge on any atom is 0.317 e. The van der Waals surface area contributed by atoms with Crippen molar-refractivity contribution in [1.82, 2.24) is 10.2 Å². The van der Waals surface area contributed by atoms with E-state index in [0.717, 1.165) is 52.0 Å². The zero-order chi connectivity index (χ0) is 14.0. The molecule has 2 heterocycles. The number of nitrogens with one attached hydrogen (secondary N) is 1. The van der Waals surface area contributed by atoms with Crippen molar-refractivity contribution in [3.05, 3.63) is 0 Å². The highest BCUT2D eigenvalue weighted by atomic mass is 16.5. The van der Waals surface area contributed by atoms with Gasteiger partial charge in [0.15, 0.2) is 0 Å². The second-order valence-electron chi connectivity index (χ2n) is 6.61. The fraction of sp³-hybridized carbons (Fsp3) is 0.867. The van der Waals surface area contributed by atoms with Gasteiger partial charge in [-0.25, -0.2) is 4.79 Å². The molecule has 3 fully saturated rings. The molecule has 1 saturated carbocycles. The van der Waals surface area contributed by atoms with Gasteiger partial charge in [-0.1, -0.05) is 0 Å². The third-order valence-corrected chi connectivity index (χ3v) is 5.17. The van der Waals surface area contributed by atoms with E-state index < -0.39 is 0 Å². The first-order valence-corrected chi connectivity index (χ1v) is 7.70. The molecule has 5 nitrogen and oxygen atoms in total. The van der Waals surface area contributed by atoms with Crippen molar-refractivity contribution in [2.75, 3.05) is 32.8 Å². The maximum atomic E-state index is 12.2. The molecule has 0 spiro atoms. The van der Waals surface area contributed by atoms with E-state index in [2.05, 4.69) is 11.4 Å². The normalized spacial score (nSPS) is 31.1. The van der Waals surface area contributed by atoms with Crippen LogP contribution in [0.1, 0.15) is 32.1 Å². The van der Waals surface area contributed by atoms with Crippen molar-refractivity contribution in [2.24, 2.45) is 17.3 Å². The number of nitrogens with zero attached hydrogens (tertiary/aromatic N) is 2. The van der Waals surface area contributed by atoms with Gasteiger partial charge in [0.2, 0.25) is 0 Å². The fourth-order valence-electron chi connectivity index (χ4n) is 3.42. The third kappa shape index (κ3) is 2.90. The molecule has 0 bridgehead atoms. The molecule has 0 aromatic rings. The van der Waals surface area contributed by atoms with Crippen molar-refractivity contribution in [2.45, 2.75) is 32.1 Å². The molecule has 0 aromatic heterocycles. The molecule has 2 aliphatic heterocycles. The first-order valence-electron chi connectivity index (χ1n) is 7.70. The van der Waals surface area contributed by atoms with E-state index in [1.54, 1.807) is 0 Å². The number of urea groups is 1. The number of ether oxygens (including phenoxy) is 1. The van der Waals surface area contributed by atoms with Crippen molar-refractivity contribution < 1.29 is 9.53 Å². The highest BCUT2D eigenvalue weighted by Gasteiger charge is 2.43. The molecular formula is C15H23N3O2. The lowest BCUT2D eigenvalue weighted by atomic mass is 9.91. The lowest BCUT2D eigenvalue weighted by molar-refractivity contribution is 0.170. The Bertz CT molecular complexity index is 408. The van der Waals surface area contributed by atoms with Crippen LogP contribution < -0.4 is 5.32 Å². The number of hydrogen-bond acceptors (Lipinski definition) is 3. The number of nitriles is 1. The molecule has 3 rings (SSSR count). The summed E-state index contributed by atoms with van der Waals surface area (Å²) < 4.78 is 5.44. The molecule has 2 saturated heterocycles. The summed E-state index contributed by atoms with van der Waals surface area (Å²) in [5, 5.41) is 11.8. The van der Waals surface area contributed by atoms with Crippen LogP contribution in [0.5, 0.6) is 0 Å². The molecule has 1 N–H and O–H groups in total. The Morgan fingerprint density at radius 1 is 1.40 bits per heavy atom. The van der Waals surface area contributed by atoms with Crippen LogP contribution in [-0.4, -0.2) is 43.8 Å². The van der Waals surface area contributed by atoms with Crippen LogP contribution in [0.25, 0.3) is 0 Å². The minimum absolute atomic E-state index is 0.0515. The number of carbonyl (C=O) groups excluding carboxylic acids is 1. The van der Waals surface area contributed by atoms with Gasteiger partial charge in [0.05, 0.1) is 6.07 Å². The van der Waals surface area contributed by atoms with Crippen LogP contribution in [0.2, 0.25) is 0 Å². The Morgan fingerprint density at radius 2 is 2.25 bits per heavy atom. The zero-order valence-corrected chi connectivity index (χ0v) is 11.9. The quantitative estimate of drug-likeness (QED) is 0.851. The smallest absolute Gasteiger partial charge is 0.317 e. The summed E-state index contributed by atoms with van der Waals surface area (Å²) in [6.07, 6.45) is 4.96. The average molecular weight is 277 g/mol. The molecule has 1 aliphatic carbocycles. The predicted molar refractivity (Wildman–Crippen MR) is 73.9 cm³/mol. The molecule has 110 valence electrons. The summed E-state index contributed by atoms with van der Waals surface area (Å²) in [5.41, 5.74) is 0.0861. The van der Waals surface area contributed by atoms with Crippen molar-refractivity contribution in [3.63, 3.8) is 0 Å². The van der Waals surface area contributed by atoms with Crippen LogP contribution in [0.4, 0.5) is 4.79 Å². The summed E-state index contributed by atoms with van der Waals surface area (Å²) in [6, 6.07) is 2.28. The molecule has 3 aliphatic rings. The Labute approximate surface area is 120 Å². The molecule has 0 unspecified atom stereocenters. The second-order valence-corrected chi connectivity index (χ2v) is 6.61. The SMILES string of the molecule is N#CCC1(CNC(=O)N2CC[C@H]([C@@H]3CCOC3)C2)CC1. The number of hydrogen-bond donors (Lipinski definition) is 1. The van der Waals surface area contributed by atoms with Crippen LogP contribution in [0.15, 0.2) is 0 Å². The molecular weight excluding hydrogens is 254 g/mol. The number of carbonyl (C=O) groups is 1. The van der Waals surface area contributed by atoms with E-state index in [0.29, 0.717) is 24.8 Å². The lowest BCUT2D eigenvalue weighted by Crippen LogP contribution is -2.41. The third-order valence-electron chi connectivity index (χ3n) is 5.17. The Kier molecular flexibility index (Phi) is 3.84. The van der Waals surface area contributed by atoms with E-state index in [4.69, 9.17) is 10.00 Å². The topological polar surface area (TPSA) is 65.4 Å². The van der Waals surface area contributed by atoms with Gasteiger partial charge in [-0.15, -0.1) is 0 Å². The van der Waals surface area contributed by atoms with Crippen molar-refractivity contribution >= 4 is 6.03 Å². The highest BCUT2D eigenvalue weighted by molar-refractivity contribution is 5.74. The van der Waals surface area contributed by atoms with E-state index in [1.807, 2.05) is 4.90 Å². The van der Waals surface area contributed by atoms with E-state index in [-0.39, 0.29) is 11.4 Å². The average Bonchev–Trinajstić information content (AvgIpc) is 2.89. The molecule has 0 radical (unpaired) electrons. The number of likely N-dealkylation sites (tertiary alicyclic amines) is 1. The summed E-state index contributed by atoms with van der Waals surface area (Å²) in [7, 11) is 0. The molecule has 2 amide bonds. The summed E-state index contributed by atoms with van der Waals surface area (Å²) in [4.78, 5) is 14.1. The van der Waals surface area contributed by atoms with Crippen molar-refractivity contribution in [1.29, 1.82) is 5.26 Å². The molecule has 5 heteroatoms. The van der Waals surface area contributed by atoms with Gasteiger partial charge in [-0.05, 0) is 37.5 Å². The van der Waals surface area contributed by atoms with Crippen LogP contribution in [0.3, 0.4) is 0 Å². The molecule has 2 atom stereocenters. The zero-order valence-electron chi connectivity index (χ0n) is 11.9. The van der Waals surface area contributed by atoms with E-state index in [9.17, 15) is 4.79 Å². The van der Waals surface area contributed by atoms with Gasteiger partial charge in [0.25, 0.3) is 0 Å². The summed E-state index contributed by atoms with van der Waals surface area (Å²) in [5.74, 6) is 1.25. The standard InChI is InChI=1S/C15H23N3O2/c16-6-5-15(3-4-15)11-17-14(19)18-7-1-12(9-18)13-2-8-20-10-13/h12-13H,1-5,7-11H2,(H,17,19)/t12-,13+/m0/s1. The van der Waals surface area contributed by atoms with Gasteiger partial charge >= 0.3 is 6.03 Å². The van der Waals surface area contributed by atoms with E-state index in [1.165, 1.54) is 0 Å². The highest BCUT2D eigenvalue weighted by Crippen LogP contribution is 2.47. The largest absolute Gasteiger partial charge is 0.381 e. The number of amides is 2. The maximum absolute atomic E-state index is 12.2. The van der Waals surface area contributed by atoms with Crippen LogP contribution in [0, 0.1) is 28.6 Å². The number of rotatable bonds is 4. The first kappa shape index (κ1) is 13.7. The summed E-state index contributed by atoms with van der Waals surface area (Å²) in [6.45, 7) is 4.13. The summed E-state index contributed by atoms with van der Waals surface area (Å²) >= 11 is 0. The molecule has 20 heavy (non-hydrogen) atoms. The predicted octanol–water partition coefficient (Wildman–Crippen LogP) is 1.75. The van der Waals surface area contributed by atoms with Gasteiger partial charge < -0.3 is 15.0 Å². The van der Waals surface area contributed by atoms with E-state index >= 15 is 0 Å². The Hall–Kier alpha value is -1.28. The van der Waals surface area contributed by atoms with Gasteiger partial charge in [-0.2, -0.15) is 5.26 Å². The molecule has 0 aromatic carbocycles. The lowest BCUT2D eigenvalue weighted by Gasteiger charge is -2.21. The Morgan fingerprint density at radius 3 is 2.90 bits per heavy atom. The minimum Gasteiger partial charge on any atom is -0.381 e. The fourth-order valence-corrected chi connectivity index (χ4v) is 3.42. The van der Waals surface area contributed by atoms with Crippen LogP contribution in [-0.2, 0) is 4.74 Å². The van der Waals surface area contributed by atoms with Gasteiger partial charge in [-0.3, -0.25) is 0 Å². The van der Waals surface area contributed by atoms with Crippen LogP contribution >= 0.6 is 0 Å². The monoisotopic (exact) mass is 277 g/mol. The minimum atomic E-state index is 0.0515. The van der Waals surface area contributed by atoms with Crippen molar-refractivity contribution in [3.8, 4) is 6.07 Å². The van der Waals surface area contributed by atoms with Gasteiger partial charge in [0, 0.05) is 44.7 Å². The first-order chi connectivity index (χ1) is 9.72. The van der Waals surface area contributed by atoms with Gasteiger partial charge in [0.1, 0.15) is 0 Å². The second kappa shape index (κ2) is 5.61.